The molecule has 19 heavy (non-hydrogen) atoms. The van der Waals surface area contributed by atoms with Crippen LogP contribution >= 0.6 is 11.6 Å². The predicted octanol–water partition coefficient (Wildman–Crippen LogP) is 3.58. The third-order valence-electron chi connectivity index (χ3n) is 2.97. The monoisotopic (exact) mass is 277 g/mol. The summed E-state index contributed by atoms with van der Waals surface area (Å²) in [7, 11) is 0. The van der Waals surface area contributed by atoms with Crippen LogP contribution in [-0.2, 0) is 6.42 Å². The van der Waals surface area contributed by atoms with E-state index in [0.29, 0.717) is 6.04 Å². The molecule has 102 valence electrons. The van der Waals surface area contributed by atoms with Gasteiger partial charge in [-0.25, -0.2) is 4.98 Å². The van der Waals surface area contributed by atoms with Gasteiger partial charge in [-0.3, -0.25) is 0 Å². The van der Waals surface area contributed by atoms with Crippen molar-refractivity contribution in [2.75, 3.05) is 6.54 Å². The van der Waals surface area contributed by atoms with Crippen molar-refractivity contribution in [3.05, 3.63) is 40.8 Å². The Morgan fingerprint density at radius 1 is 1.26 bits per heavy atom. The molecule has 0 radical (unpaired) electrons. The number of benzene rings is 1. The smallest absolute Gasteiger partial charge is 0.108 e. The Labute approximate surface area is 119 Å². The quantitative estimate of drug-likeness (QED) is 0.877. The average Bonchev–Trinajstić information content (AvgIpc) is 2.71. The summed E-state index contributed by atoms with van der Waals surface area (Å²) in [5, 5.41) is 4.14. The predicted molar refractivity (Wildman–Crippen MR) is 80.6 cm³/mol. The number of halogens is 1. The molecule has 4 heteroatoms. The fourth-order valence-corrected chi connectivity index (χ4v) is 2.13. The lowest BCUT2D eigenvalue weighted by Gasteiger charge is -2.05. The van der Waals surface area contributed by atoms with Crippen LogP contribution in [0, 0.1) is 6.92 Å². The van der Waals surface area contributed by atoms with E-state index in [9.17, 15) is 0 Å². The minimum atomic E-state index is 0.506. The first-order valence-corrected chi connectivity index (χ1v) is 6.99. The van der Waals surface area contributed by atoms with Gasteiger partial charge in [-0.2, -0.15) is 0 Å². The van der Waals surface area contributed by atoms with Gasteiger partial charge >= 0.3 is 0 Å². The normalized spacial score (nSPS) is 11.2. The second kappa shape index (κ2) is 6.22. The second-order valence-electron chi connectivity index (χ2n) is 5.02. The minimum Gasteiger partial charge on any atom is -0.346 e. The average molecular weight is 278 g/mol. The highest BCUT2D eigenvalue weighted by Gasteiger charge is 2.08. The van der Waals surface area contributed by atoms with Crippen LogP contribution < -0.4 is 5.32 Å². The van der Waals surface area contributed by atoms with Crippen LogP contribution in [0.25, 0.3) is 11.3 Å². The van der Waals surface area contributed by atoms with Gasteiger partial charge in [0.05, 0.1) is 5.69 Å². The molecule has 0 aliphatic carbocycles. The lowest BCUT2D eigenvalue weighted by atomic mass is 10.1. The van der Waals surface area contributed by atoms with Gasteiger partial charge in [0.25, 0.3) is 0 Å². The van der Waals surface area contributed by atoms with Gasteiger partial charge in [-0.15, -0.1) is 0 Å². The van der Waals surface area contributed by atoms with Crippen molar-refractivity contribution in [3.63, 3.8) is 0 Å². The fraction of sp³-hybridized carbons (Fsp3) is 0.400. The van der Waals surface area contributed by atoms with E-state index >= 15 is 0 Å². The molecule has 2 aromatic rings. The maximum atomic E-state index is 5.91. The molecule has 0 amide bonds. The Hall–Kier alpha value is -1.32. The Balaban J connectivity index is 2.10. The number of aryl methyl sites for hydroxylation is 1. The molecule has 0 unspecified atom stereocenters. The Bertz CT molecular complexity index is 529. The first-order valence-electron chi connectivity index (χ1n) is 6.61. The summed E-state index contributed by atoms with van der Waals surface area (Å²) in [4.78, 5) is 8.02. The number of H-pyrrole nitrogens is 1. The Morgan fingerprint density at radius 2 is 1.95 bits per heavy atom. The Morgan fingerprint density at radius 3 is 2.58 bits per heavy atom. The van der Waals surface area contributed by atoms with E-state index in [1.54, 1.807) is 0 Å². The second-order valence-corrected chi connectivity index (χ2v) is 5.46. The molecule has 0 spiro atoms. The zero-order valence-corrected chi connectivity index (χ0v) is 12.4. The van der Waals surface area contributed by atoms with Gasteiger partial charge in [0.1, 0.15) is 5.82 Å². The van der Waals surface area contributed by atoms with Gasteiger partial charge in [0.15, 0.2) is 0 Å². The summed E-state index contributed by atoms with van der Waals surface area (Å²) in [6, 6.07) is 8.30. The first kappa shape index (κ1) is 14.1. The van der Waals surface area contributed by atoms with E-state index in [2.05, 4.69) is 36.1 Å². The van der Waals surface area contributed by atoms with Crippen LogP contribution in [0.5, 0.6) is 0 Å². The lowest BCUT2D eigenvalue weighted by Crippen LogP contribution is -2.25. The van der Waals surface area contributed by atoms with Crippen molar-refractivity contribution in [1.82, 2.24) is 15.3 Å². The lowest BCUT2D eigenvalue weighted by molar-refractivity contribution is 0.584. The molecule has 3 nitrogen and oxygen atoms in total. The molecular weight excluding hydrogens is 258 g/mol. The summed E-state index contributed by atoms with van der Waals surface area (Å²) in [6.45, 7) is 7.28. The summed E-state index contributed by atoms with van der Waals surface area (Å²) in [6.07, 6.45) is 0.909. The minimum absolute atomic E-state index is 0.506. The number of hydrogen-bond acceptors (Lipinski definition) is 2. The van der Waals surface area contributed by atoms with E-state index in [4.69, 9.17) is 11.6 Å². The number of nitrogens with zero attached hydrogens (tertiary/aromatic N) is 1. The zero-order chi connectivity index (χ0) is 13.8. The van der Waals surface area contributed by atoms with Crippen molar-refractivity contribution in [1.29, 1.82) is 0 Å². The highest BCUT2D eigenvalue weighted by molar-refractivity contribution is 6.30. The third kappa shape index (κ3) is 3.82. The maximum Gasteiger partial charge on any atom is 0.108 e. The molecule has 0 saturated carbocycles. The van der Waals surface area contributed by atoms with Gasteiger partial charge in [-0.1, -0.05) is 37.6 Å². The maximum absolute atomic E-state index is 5.91. The van der Waals surface area contributed by atoms with E-state index < -0.39 is 0 Å². The zero-order valence-electron chi connectivity index (χ0n) is 11.6. The summed E-state index contributed by atoms with van der Waals surface area (Å²) in [5.74, 6) is 1.02. The number of imidazole rings is 1. The van der Waals surface area contributed by atoms with Crippen LogP contribution in [0.15, 0.2) is 24.3 Å². The summed E-state index contributed by atoms with van der Waals surface area (Å²) in [5.41, 5.74) is 3.21. The number of aromatic nitrogens is 2. The molecule has 1 aromatic heterocycles. The first-order chi connectivity index (χ1) is 9.06. The molecular formula is C15H20ClN3. The Kier molecular flexibility index (Phi) is 4.61. The molecule has 0 saturated heterocycles. The van der Waals surface area contributed by atoms with Gasteiger partial charge in [0, 0.05) is 35.3 Å². The van der Waals surface area contributed by atoms with Crippen molar-refractivity contribution >= 4 is 11.6 Å². The highest BCUT2D eigenvalue weighted by Crippen LogP contribution is 2.22. The molecule has 2 rings (SSSR count). The topological polar surface area (TPSA) is 40.7 Å². The molecule has 0 fully saturated rings. The van der Waals surface area contributed by atoms with Gasteiger partial charge in [0.2, 0.25) is 0 Å². The number of aromatic amines is 1. The molecule has 2 N–H and O–H groups in total. The molecule has 1 heterocycles. The van der Waals surface area contributed by atoms with Crippen LogP contribution in [0.4, 0.5) is 0 Å². The third-order valence-corrected chi connectivity index (χ3v) is 3.22. The van der Waals surface area contributed by atoms with E-state index in [0.717, 1.165) is 40.8 Å². The highest BCUT2D eigenvalue weighted by atomic mass is 35.5. The van der Waals surface area contributed by atoms with Crippen molar-refractivity contribution in [2.45, 2.75) is 33.2 Å². The van der Waals surface area contributed by atoms with Gasteiger partial charge in [-0.05, 0) is 19.1 Å². The number of nitrogens with one attached hydrogen (secondary N) is 2. The summed E-state index contributed by atoms with van der Waals surface area (Å²) >= 11 is 5.91. The summed E-state index contributed by atoms with van der Waals surface area (Å²) < 4.78 is 0. The molecule has 0 aliphatic heterocycles. The van der Waals surface area contributed by atoms with Crippen LogP contribution in [-0.4, -0.2) is 22.6 Å². The van der Waals surface area contributed by atoms with Crippen molar-refractivity contribution in [2.24, 2.45) is 0 Å². The van der Waals surface area contributed by atoms with E-state index in [1.165, 1.54) is 0 Å². The molecule has 0 aliphatic rings. The molecule has 0 atom stereocenters. The van der Waals surface area contributed by atoms with E-state index in [1.807, 2.05) is 24.3 Å². The van der Waals surface area contributed by atoms with Crippen LogP contribution in [0.1, 0.15) is 25.4 Å². The van der Waals surface area contributed by atoms with Crippen molar-refractivity contribution in [3.8, 4) is 11.3 Å². The molecule has 0 bridgehead atoms. The van der Waals surface area contributed by atoms with E-state index in [-0.39, 0.29) is 0 Å². The van der Waals surface area contributed by atoms with Crippen molar-refractivity contribution < 1.29 is 0 Å². The largest absolute Gasteiger partial charge is 0.346 e. The number of hydrogen-bond donors (Lipinski definition) is 2. The standard InChI is InChI=1S/C15H20ClN3/c1-10(2)17-9-8-14-18-11(3)15(19-14)12-4-6-13(16)7-5-12/h4-7,10,17H,8-9H2,1-3H3,(H,18,19). The van der Waals surface area contributed by atoms with Crippen LogP contribution in [0.2, 0.25) is 5.02 Å². The van der Waals surface area contributed by atoms with Crippen LogP contribution in [0.3, 0.4) is 0 Å². The number of rotatable bonds is 5. The SMILES string of the molecule is Cc1[nH]c(CCNC(C)C)nc1-c1ccc(Cl)cc1. The molecule has 1 aromatic carbocycles. The fourth-order valence-electron chi connectivity index (χ4n) is 2.01. The van der Waals surface area contributed by atoms with Gasteiger partial charge < -0.3 is 10.3 Å².